The van der Waals surface area contributed by atoms with Crippen molar-refractivity contribution in [3.63, 3.8) is 0 Å². The van der Waals surface area contributed by atoms with Crippen molar-refractivity contribution in [3.8, 4) is 0 Å². The molecule has 2 rings (SSSR count). The number of halogens is 2. The first-order valence-corrected chi connectivity index (χ1v) is 6.53. The van der Waals surface area contributed by atoms with Crippen molar-refractivity contribution in [2.24, 2.45) is 0 Å². The third kappa shape index (κ3) is 4.08. The fraction of sp³-hybridized carbons (Fsp3) is 0.154. The van der Waals surface area contributed by atoms with Crippen LogP contribution in [0.2, 0.25) is 10.4 Å². The number of hydrogen-bond donors (Lipinski definition) is 2. The Morgan fingerprint density at radius 2 is 1.95 bits per heavy atom. The number of hydrogen-bond acceptors (Lipinski definition) is 4. The van der Waals surface area contributed by atoms with E-state index in [1.807, 2.05) is 30.3 Å². The zero-order chi connectivity index (χ0) is 14.5. The molecule has 0 saturated heterocycles. The van der Waals surface area contributed by atoms with Gasteiger partial charge in [0.25, 0.3) is 0 Å². The zero-order valence-electron chi connectivity index (χ0n) is 10.3. The van der Waals surface area contributed by atoms with Gasteiger partial charge in [-0.05, 0) is 17.2 Å². The van der Waals surface area contributed by atoms with Gasteiger partial charge in [-0.2, -0.15) is 0 Å². The molecule has 20 heavy (non-hydrogen) atoms. The van der Waals surface area contributed by atoms with Crippen LogP contribution in [0, 0.1) is 0 Å². The van der Waals surface area contributed by atoms with Crippen LogP contribution in [-0.2, 0) is 11.2 Å². The SMILES string of the molecule is O=C(O)[C@H](Cc1ccccc1)Nc1cc(Cl)nc(Cl)n1. The van der Waals surface area contributed by atoms with Crippen LogP contribution in [0.5, 0.6) is 0 Å². The van der Waals surface area contributed by atoms with Gasteiger partial charge in [0.1, 0.15) is 17.0 Å². The average molecular weight is 312 g/mol. The molecule has 5 nitrogen and oxygen atoms in total. The highest BCUT2D eigenvalue weighted by molar-refractivity contribution is 6.32. The summed E-state index contributed by atoms with van der Waals surface area (Å²) in [5, 5.41) is 12.2. The summed E-state index contributed by atoms with van der Waals surface area (Å²) in [6, 6.07) is 9.89. The van der Waals surface area contributed by atoms with Gasteiger partial charge >= 0.3 is 5.97 Å². The van der Waals surface area contributed by atoms with E-state index < -0.39 is 12.0 Å². The Morgan fingerprint density at radius 3 is 2.55 bits per heavy atom. The largest absolute Gasteiger partial charge is 0.480 e. The molecule has 0 spiro atoms. The van der Waals surface area contributed by atoms with E-state index in [9.17, 15) is 9.90 Å². The maximum absolute atomic E-state index is 11.3. The molecule has 7 heteroatoms. The highest BCUT2D eigenvalue weighted by atomic mass is 35.5. The van der Waals surface area contributed by atoms with E-state index in [1.54, 1.807) is 0 Å². The first kappa shape index (κ1) is 14.6. The van der Waals surface area contributed by atoms with Gasteiger partial charge in [-0.1, -0.05) is 41.9 Å². The zero-order valence-corrected chi connectivity index (χ0v) is 11.8. The van der Waals surface area contributed by atoms with Gasteiger partial charge in [0.05, 0.1) is 0 Å². The van der Waals surface area contributed by atoms with Crippen molar-refractivity contribution < 1.29 is 9.90 Å². The standard InChI is InChI=1S/C13H11Cl2N3O2/c14-10-7-11(18-13(15)17-10)16-9(12(19)20)6-8-4-2-1-3-5-8/h1-5,7,9H,6H2,(H,19,20)(H,16,17,18)/t9-/m0/s1. The van der Waals surface area contributed by atoms with Crippen LogP contribution in [0.15, 0.2) is 36.4 Å². The molecule has 1 aromatic heterocycles. The minimum atomic E-state index is -0.986. The Hall–Kier alpha value is -1.85. The highest BCUT2D eigenvalue weighted by Crippen LogP contribution is 2.16. The van der Waals surface area contributed by atoms with Crippen LogP contribution in [0.3, 0.4) is 0 Å². The highest BCUT2D eigenvalue weighted by Gasteiger charge is 2.18. The number of carboxylic acids is 1. The summed E-state index contributed by atoms with van der Waals surface area (Å²) < 4.78 is 0. The van der Waals surface area contributed by atoms with Crippen molar-refractivity contribution in [3.05, 3.63) is 52.4 Å². The van der Waals surface area contributed by atoms with Gasteiger partial charge in [-0.25, -0.2) is 14.8 Å². The molecule has 1 aromatic carbocycles. The van der Waals surface area contributed by atoms with Crippen molar-refractivity contribution in [1.82, 2.24) is 9.97 Å². The Kier molecular flexibility index (Phi) is 4.76. The third-order valence-electron chi connectivity index (χ3n) is 2.57. The summed E-state index contributed by atoms with van der Waals surface area (Å²) in [5.74, 6) is -0.710. The molecule has 1 heterocycles. The second-order valence-corrected chi connectivity index (χ2v) is 4.80. The van der Waals surface area contributed by atoms with E-state index in [0.29, 0.717) is 6.42 Å². The molecule has 0 saturated carbocycles. The summed E-state index contributed by atoms with van der Waals surface area (Å²) in [6.45, 7) is 0. The first-order valence-electron chi connectivity index (χ1n) is 5.78. The Morgan fingerprint density at radius 1 is 1.25 bits per heavy atom. The number of nitrogens with one attached hydrogen (secondary N) is 1. The summed E-state index contributed by atoms with van der Waals surface area (Å²) in [4.78, 5) is 18.9. The average Bonchev–Trinajstić information content (AvgIpc) is 2.38. The van der Waals surface area contributed by atoms with Gasteiger partial charge < -0.3 is 10.4 Å². The molecule has 0 unspecified atom stereocenters. The molecule has 2 N–H and O–H groups in total. The van der Waals surface area contributed by atoms with E-state index in [-0.39, 0.29) is 16.3 Å². The molecule has 0 aliphatic rings. The van der Waals surface area contributed by atoms with Crippen LogP contribution in [0.25, 0.3) is 0 Å². The van der Waals surface area contributed by atoms with Crippen LogP contribution < -0.4 is 5.32 Å². The van der Waals surface area contributed by atoms with Gasteiger partial charge in [0.15, 0.2) is 0 Å². The molecular formula is C13H11Cl2N3O2. The smallest absolute Gasteiger partial charge is 0.326 e. The monoisotopic (exact) mass is 311 g/mol. The number of benzene rings is 1. The summed E-state index contributed by atoms with van der Waals surface area (Å²) >= 11 is 11.4. The minimum absolute atomic E-state index is 0.0381. The van der Waals surface area contributed by atoms with Crippen molar-refractivity contribution in [1.29, 1.82) is 0 Å². The molecule has 2 aromatic rings. The van der Waals surface area contributed by atoms with Gasteiger partial charge in [-0.15, -0.1) is 0 Å². The van der Waals surface area contributed by atoms with E-state index in [0.717, 1.165) is 5.56 Å². The van der Waals surface area contributed by atoms with Crippen molar-refractivity contribution in [2.75, 3.05) is 5.32 Å². The van der Waals surface area contributed by atoms with E-state index >= 15 is 0 Å². The third-order valence-corrected chi connectivity index (χ3v) is 2.93. The van der Waals surface area contributed by atoms with Crippen molar-refractivity contribution >= 4 is 35.0 Å². The Labute approximate surface area is 125 Å². The normalized spacial score (nSPS) is 11.9. The van der Waals surface area contributed by atoms with Crippen LogP contribution >= 0.6 is 23.2 Å². The first-order chi connectivity index (χ1) is 9.54. The van der Waals surface area contributed by atoms with E-state index in [2.05, 4.69) is 15.3 Å². The fourth-order valence-corrected chi connectivity index (χ4v) is 2.10. The molecule has 0 fully saturated rings. The maximum Gasteiger partial charge on any atom is 0.326 e. The number of aromatic nitrogens is 2. The summed E-state index contributed by atoms with van der Waals surface area (Å²) in [5.41, 5.74) is 0.902. The van der Waals surface area contributed by atoms with E-state index in [1.165, 1.54) is 6.07 Å². The molecule has 0 aliphatic heterocycles. The topological polar surface area (TPSA) is 75.1 Å². The maximum atomic E-state index is 11.3. The predicted molar refractivity (Wildman–Crippen MR) is 77.2 cm³/mol. The lowest BCUT2D eigenvalue weighted by Gasteiger charge is -2.15. The lowest BCUT2D eigenvalue weighted by atomic mass is 10.1. The van der Waals surface area contributed by atoms with Crippen LogP contribution in [-0.4, -0.2) is 27.1 Å². The van der Waals surface area contributed by atoms with Crippen molar-refractivity contribution in [2.45, 2.75) is 12.5 Å². The second-order valence-electron chi connectivity index (χ2n) is 4.07. The summed E-state index contributed by atoms with van der Waals surface area (Å²) in [7, 11) is 0. The second kappa shape index (κ2) is 6.54. The number of aliphatic carboxylic acids is 1. The number of carbonyl (C=O) groups is 1. The number of rotatable bonds is 5. The van der Waals surface area contributed by atoms with Crippen LogP contribution in [0.4, 0.5) is 5.82 Å². The summed E-state index contributed by atoms with van der Waals surface area (Å²) in [6.07, 6.45) is 0.315. The lowest BCUT2D eigenvalue weighted by molar-refractivity contribution is -0.137. The molecular weight excluding hydrogens is 301 g/mol. The molecule has 104 valence electrons. The Bertz CT molecular complexity index is 588. The fourth-order valence-electron chi connectivity index (χ4n) is 1.69. The number of nitrogens with zero attached hydrogens (tertiary/aromatic N) is 2. The quantitative estimate of drug-likeness (QED) is 0.656. The Balaban J connectivity index is 2.15. The number of anilines is 1. The minimum Gasteiger partial charge on any atom is -0.480 e. The molecule has 1 atom stereocenters. The molecule has 0 radical (unpaired) electrons. The van der Waals surface area contributed by atoms with Gasteiger partial charge in [-0.3, -0.25) is 0 Å². The molecule has 0 aliphatic carbocycles. The van der Waals surface area contributed by atoms with Crippen LogP contribution in [0.1, 0.15) is 5.56 Å². The van der Waals surface area contributed by atoms with E-state index in [4.69, 9.17) is 23.2 Å². The molecule has 0 amide bonds. The molecule has 0 bridgehead atoms. The van der Waals surface area contributed by atoms with Gasteiger partial charge in [0.2, 0.25) is 5.28 Å². The van der Waals surface area contributed by atoms with Gasteiger partial charge in [0, 0.05) is 12.5 Å². The lowest BCUT2D eigenvalue weighted by Crippen LogP contribution is -2.31. The number of carboxylic acid groups (broad SMARTS) is 1. The predicted octanol–water partition coefficient (Wildman–Crippen LogP) is 2.89.